The second kappa shape index (κ2) is 18.2. The predicted molar refractivity (Wildman–Crippen MR) is 221 cm³/mol. The second-order valence-corrected chi connectivity index (χ2v) is 15.3. The van der Waals surface area contributed by atoms with Crippen LogP contribution in [0.4, 0.5) is 15.3 Å². The first-order valence-corrected chi connectivity index (χ1v) is 20.0. The molecule has 2 aromatic heterocycles. The Bertz CT molecular complexity index is 2470. The highest BCUT2D eigenvalue weighted by Gasteiger charge is 2.45. The molecule has 0 bridgehead atoms. The maximum Gasteiger partial charge on any atom is 0.514 e. The smallest absolute Gasteiger partial charge is 0.458 e. The molecule has 0 fully saturated rings. The van der Waals surface area contributed by atoms with E-state index in [9.17, 15) is 38.7 Å². The summed E-state index contributed by atoms with van der Waals surface area (Å²) < 4.78 is 17.7. The van der Waals surface area contributed by atoms with Gasteiger partial charge in [0.25, 0.3) is 5.56 Å². The molecule has 18 heteroatoms. The zero-order valence-corrected chi connectivity index (χ0v) is 34.5. The van der Waals surface area contributed by atoms with Crippen LogP contribution >= 0.6 is 0 Å². The van der Waals surface area contributed by atoms with Gasteiger partial charge >= 0.3 is 18.2 Å². The van der Waals surface area contributed by atoms with E-state index < -0.39 is 53.6 Å². The molecule has 5 amide bonds. The number of hydrogen-bond acceptors (Lipinski definition) is 12. The molecule has 0 aliphatic carbocycles. The number of cyclic esters (lactones) is 1. The van der Waals surface area contributed by atoms with Crippen LogP contribution < -0.4 is 37.3 Å². The number of hydrogen-bond donors (Lipinski definition) is 6. The number of pyridine rings is 2. The summed E-state index contributed by atoms with van der Waals surface area (Å²) in [6.07, 6.45) is 0.123. The molecule has 2 aliphatic heterocycles. The molecular formula is C43H49N7O11. The highest BCUT2D eigenvalue weighted by atomic mass is 16.7. The number of aryl methyl sites for hydroxylation is 1. The van der Waals surface area contributed by atoms with Gasteiger partial charge < -0.3 is 50.9 Å². The third-order valence-electron chi connectivity index (χ3n) is 10.8. The van der Waals surface area contributed by atoms with E-state index in [1.165, 1.54) is 6.92 Å². The molecule has 3 atom stereocenters. The SMILES string of the molecule is CCc1c2c(nc3ccc(OC(=O)OCc4ccc(NC(=O)[C@H](CCCNC(N)=O)NC(=O)[C@@H](NC(C)=O)C(C)C)cc4)cc13)-c1cc3c(c(=O)n1C2)COC(=O)C3(O)CC. The van der Waals surface area contributed by atoms with Gasteiger partial charge in [0.15, 0.2) is 5.60 Å². The molecule has 18 nitrogen and oxygen atoms in total. The summed E-state index contributed by atoms with van der Waals surface area (Å²) in [5.41, 5.74) is 7.65. The lowest BCUT2D eigenvalue weighted by Gasteiger charge is -2.31. The first-order chi connectivity index (χ1) is 29.0. The van der Waals surface area contributed by atoms with Crippen LogP contribution in [0.2, 0.25) is 0 Å². The highest BCUT2D eigenvalue weighted by molar-refractivity contribution is 5.98. The summed E-state index contributed by atoms with van der Waals surface area (Å²) in [4.78, 5) is 93.2. The second-order valence-electron chi connectivity index (χ2n) is 15.3. The van der Waals surface area contributed by atoms with Gasteiger partial charge in [0.05, 0.1) is 29.0 Å². The van der Waals surface area contributed by atoms with Crippen molar-refractivity contribution >= 4 is 52.5 Å². The van der Waals surface area contributed by atoms with Gasteiger partial charge in [0, 0.05) is 35.7 Å². The van der Waals surface area contributed by atoms with Crippen LogP contribution in [0.25, 0.3) is 22.3 Å². The van der Waals surface area contributed by atoms with Crippen molar-refractivity contribution in [3.63, 3.8) is 0 Å². The number of nitrogens with one attached hydrogen (secondary N) is 4. The number of carbonyl (C=O) groups is 6. The predicted octanol–water partition coefficient (Wildman–Crippen LogP) is 3.39. The minimum Gasteiger partial charge on any atom is -0.458 e. The Hall–Kier alpha value is -6.82. The van der Waals surface area contributed by atoms with E-state index in [0.29, 0.717) is 41.0 Å². The average molecular weight is 840 g/mol. The normalized spacial score (nSPS) is 16.0. The van der Waals surface area contributed by atoms with Gasteiger partial charge in [-0.1, -0.05) is 39.8 Å². The molecule has 2 aliphatic rings. The van der Waals surface area contributed by atoms with Crippen LogP contribution in [-0.2, 0) is 60.4 Å². The lowest BCUT2D eigenvalue weighted by molar-refractivity contribution is -0.172. The number of nitrogens with two attached hydrogens (primary N) is 1. The maximum atomic E-state index is 13.7. The van der Waals surface area contributed by atoms with Crippen LogP contribution in [0.15, 0.2) is 53.3 Å². The Morgan fingerprint density at radius 1 is 1.00 bits per heavy atom. The molecule has 0 spiro atoms. The number of benzene rings is 2. The molecule has 61 heavy (non-hydrogen) atoms. The number of aromatic nitrogens is 2. The molecule has 2 aromatic carbocycles. The van der Waals surface area contributed by atoms with Crippen molar-refractivity contribution in [1.29, 1.82) is 0 Å². The molecule has 0 saturated carbocycles. The maximum absolute atomic E-state index is 13.7. The van der Waals surface area contributed by atoms with Crippen LogP contribution in [0.3, 0.4) is 0 Å². The van der Waals surface area contributed by atoms with E-state index >= 15 is 0 Å². The highest BCUT2D eigenvalue weighted by Crippen LogP contribution is 2.41. The number of rotatable bonds is 15. The Labute approximate surface area is 350 Å². The third-order valence-corrected chi connectivity index (χ3v) is 10.8. The standard InChI is InChI=1S/C43H49N7O11/c1-6-27-28-17-26(14-15-32(28)48-36-29(27)19-50-34(36)18-31-30(39(50)54)21-59-40(55)43(31,58)7-2)61-42(57)60-20-24-10-12-25(13-11-24)47-37(52)33(9-8-16-45-41(44)56)49-38(53)35(22(3)4)46-23(5)51/h10-15,17-18,22,33,35,58H,6-9,16,19-21H2,1-5H3,(H,46,51)(H,47,52)(H,49,53)(H3,44,45,56)/t33-,35-,43?/m0/s1. The number of primary amides is 1. The molecule has 4 aromatic rings. The Morgan fingerprint density at radius 3 is 2.39 bits per heavy atom. The molecule has 1 unspecified atom stereocenters. The molecular weight excluding hydrogens is 791 g/mol. The van der Waals surface area contributed by atoms with E-state index in [1.807, 2.05) is 6.92 Å². The number of ether oxygens (including phenoxy) is 3. The molecule has 6 rings (SSSR count). The van der Waals surface area contributed by atoms with Crippen LogP contribution in [0.5, 0.6) is 5.75 Å². The Kier molecular flexibility index (Phi) is 13.1. The number of anilines is 1. The van der Waals surface area contributed by atoms with Crippen LogP contribution in [-0.4, -0.2) is 69.2 Å². The van der Waals surface area contributed by atoms with Gasteiger partial charge in [-0.15, -0.1) is 0 Å². The van der Waals surface area contributed by atoms with Crippen molar-refractivity contribution in [2.45, 2.75) is 97.7 Å². The summed E-state index contributed by atoms with van der Waals surface area (Å²) in [6.45, 7) is 8.47. The number of urea groups is 1. The van der Waals surface area contributed by atoms with Crippen molar-refractivity contribution in [3.05, 3.63) is 86.7 Å². The van der Waals surface area contributed by atoms with Gasteiger partial charge in [-0.05, 0) is 79.1 Å². The van der Waals surface area contributed by atoms with E-state index in [2.05, 4.69) is 21.3 Å². The van der Waals surface area contributed by atoms with Gasteiger partial charge in [0.2, 0.25) is 17.7 Å². The van der Waals surface area contributed by atoms with Gasteiger partial charge in [-0.3, -0.25) is 19.2 Å². The number of fused-ring (bicyclic) bond motifs is 5. The monoisotopic (exact) mass is 839 g/mol. The fourth-order valence-corrected chi connectivity index (χ4v) is 7.59. The fraction of sp³-hybridized carbons (Fsp3) is 0.395. The van der Waals surface area contributed by atoms with Crippen molar-refractivity contribution in [2.75, 3.05) is 11.9 Å². The zero-order chi connectivity index (χ0) is 44.2. The number of esters is 1. The molecule has 0 saturated heterocycles. The minimum atomic E-state index is -1.94. The quantitative estimate of drug-likeness (QED) is 0.0504. The molecule has 7 N–H and O–H groups in total. The molecule has 4 heterocycles. The summed E-state index contributed by atoms with van der Waals surface area (Å²) in [6, 6.07) is 10.5. The van der Waals surface area contributed by atoms with Crippen LogP contribution in [0.1, 0.15) is 81.7 Å². The van der Waals surface area contributed by atoms with Gasteiger partial charge in [-0.25, -0.2) is 19.4 Å². The molecule has 0 radical (unpaired) electrons. The number of amides is 5. The van der Waals surface area contributed by atoms with Crippen molar-refractivity contribution in [2.24, 2.45) is 11.7 Å². The van der Waals surface area contributed by atoms with Crippen LogP contribution in [0, 0.1) is 5.92 Å². The molecule has 322 valence electrons. The van der Waals surface area contributed by atoms with E-state index in [1.54, 1.807) is 73.9 Å². The third kappa shape index (κ3) is 9.33. The number of aliphatic hydroxyl groups is 1. The summed E-state index contributed by atoms with van der Waals surface area (Å²) in [7, 11) is 0. The largest absolute Gasteiger partial charge is 0.514 e. The first-order valence-electron chi connectivity index (χ1n) is 20.0. The van der Waals surface area contributed by atoms with E-state index in [-0.39, 0.29) is 67.5 Å². The lowest BCUT2D eigenvalue weighted by Crippen LogP contribution is -2.54. The summed E-state index contributed by atoms with van der Waals surface area (Å²) >= 11 is 0. The van der Waals surface area contributed by atoms with Gasteiger partial charge in [0.1, 0.15) is 31.0 Å². The summed E-state index contributed by atoms with van der Waals surface area (Å²) in [5.74, 6) is -2.29. The van der Waals surface area contributed by atoms with E-state index in [4.69, 9.17) is 24.9 Å². The first kappa shape index (κ1) is 43.8. The van der Waals surface area contributed by atoms with Gasteiger partial charge in [-0.2, -0.15) is 0 Å². The number of nitrogens with zero attached hydrogens (tertiary/aromatic N) is 2. The minimum absolute atomic E-state index is 0.0338. The summed E-state index contributed by atoms with van der Waals surface area (Å²) in [5, 5.41) is 22.4. The number of carbonyl (C=O) groups excluding carboxylic acids is 6. The van der Waals surface area contributed by atoms with E-state index in [0.717, 1.165) is 16.5 Å². The zero-order valence-electron chi connectivity index (χ0n) is 34.5. The average Bonchev–Trinajstić information content (AvgIpc) is 3.59. The Morgan fingerprint density at radius 2 is 1.74 bits per heavy atom. The fourth-order valence-electron chi connectivity index (χ4n) is 7.59. The van der Waals surface area contributed by atoms with Crippen molar-refractivity contribution in [3.8, 4) is 17.1 Å². The topological polar surface area (TPSA) is 259 Å². The van der Waals surface area contributed by atoms with Crippen molar-refractivity contribution in [1.82, 2.24) is 25.5 Å². The van der Waals surface area contributed by atoms with Crippen molar-refractivity contribution < 1.29 is 48.1 Å². The Balaban J connectivity index is 1.10. The lowest BCUT2D eigenvalue weighted by atomic mass is 9.86.